The molecule has 130 valence electrons. The molecule has 0 aromatic heterocycles. The van der Waals surface area contributed by atoms with Crippen molar-refractivity contribution in [3.8, 4) is 11.5 Å². The molecule has 1 heterocycles. The number of carbonyl (C=O) groups is 3. The number of urea groups is 1. The molecule has 0 spiro atoms. The number of imide groups is 1. The molecular weight excluding hydrogens is 316 g/mol. The number of hydrogen-bond acceptors (Lipinski definition) is 6. The predicted octanol–water partition coefficient (Wildman–Crippen LogP) is 0.731. The summed E-state index contributed by atoms with van der Waals surface area (Å²) < 4.78 is 15.3. The number of carbonyl (C=O) groups excluding carboxylic acids is 3. The van der Waals surface area contributed by atoms with Crippen molar-refractivity contribution >= 4 is 17.9 Å². The maximum Gasteiger partial charge on any atom is 0.324 e. The number of benzene rings is 1. The molecule has 24 heavy (non-hydrogen) atoms. The van der Waals surface area contributed by atoms with Crippen LogP contribution in [0.25, 0.3) is 0 Å². The molecule has 1 aliphatic rings. The van der Waals surface area contributed by atoms with Crippen LogP contribution in [-0.2, 0) is 20.7 Å². The summed E-state index contributed by atoms with van der Waals surface area (Å²) in [5.74, 6) is 0.229. The Balaban J connectivity index is 1.80. The molecule has 2 rings (SSSR count). The third-order valence-corrected chi connectivity index (χ3v) is 3.54. The molecule has 1 N–H and O–H groups in total. The summed E-state index contributed by atoms with van der Waals surface area (Å²) in [7, 11) is 3.10. The Morgan fingerprint density at radius 3 is 2.38 bits per heavy atom. The fourth-order valence-corrected chi connectivity index (χ4v) is 2.26. The van der Waals surface area contributed by atoms with E-state index in [-0.39, 0.29) is 6.42 Å². The third kappa shape index (κ3) is 4.61. The molecule has 0 radical (unpaired) electrons. The van der Waals surface area contributed by atoms with Gasteiger partial charge in [0, 0.05) is 25.6 Å². The number of amides is 3. The number of aryl methyl sites for hydroxylation is 1. The second kappa shape index (κ2) is 8.19. The topological polar surface area (TPSA) is 94.2 Å². The zero-order chi connectivity index (χ0) is 17.5. The van der Waals surface area contributed by atoms with Gasteiger partial charge in [0.25, 0.3) is 5.91 Å². The minimum atomic E-state index is -0.526. The molecule has 1 aromatic rings. The van der Waals surface area contributed by atoms with E-state index in [1.807, 2.05) is 0 Å². The lowest BCUT2D eigenvalue weighted by molar-refractivity contribution is -0.150. The van der Waals surface area contributed by atoms with Gasteiger partial charge in [-0.25, -0.2) is 4.79 Å². The van der Waals surface area contributed by atoms with E-state index in [0.29, 0.717) is 31.0 Å². The first kappa shape index (κ1) is 17.6. The minimum absolute atomic E-state index is 0.107. The van der Waals surface area contributed by atoms with Gasteiger partial charge in [-0.05, 0) is 24.1 Å². The molecule has 0 saturated carbocycles. The molecule has 8 nitrogen and oxygen atoms in total. The lowest BCUT2D eigenvalue weighted by Gasteiger charge is -2.12. The maximum atomic E-state index is 11.8. The monoisotopic (exact) mass is 336 g/mol. The molecule has 1 saturated heterocycles. The van der Waals surface area contributed by atoms with Crippen LogP contribution in [0.1, 0.15) is 12.0 Å². The van der Waals surface area contributed by atoms with Gasteiger partial charge in [0.05, 0.1) is 14.2 Å². The fraction of sp³-hybridized carbons (Fsp3) is 0.438. The molecular formula is C16H20N2O6. The Labute approximate surface area is 139 Å². The number of esters is 1. The molecule has 3 amide bonds. The number of hydrogen-bond donors (Lipinski definition) is 1. The van der Waals surface area contributed by atoms with Crippen molar-refractivity contribution in [1.29, 1.82) is 0 Å². The van der Waals surface area contributed by atoms with Gasteiger partial charge in [-0.1, -0.05) is 0 Å². The van der Waals surface area contributed by atoms with Crippen molar-refractivity contribution in [1.82, 2.24) is 10.2 Å². The smallest absolute Gasteiger partial charge is 0.324 e. The summed E-state index contributed by atoms with van der Waals surface area (Å²) >= 11 is 0. The number of ether oxygens (including phenoxy) is 3. The zero-order valence-corrected chi connectivity index (χ0v) is 13.7. The van der Waals surface area contributed by atoms with Crippen LogP contribution >= 0.6 is 0 Å². The van der Waals surface area contributed by atoms with E-state index in [2.05, 4.69) is 5.32 Å². The quantitative estimate of drug-likeness (QED) is 0.738. The normalized spacial score (nSPS) is 13.4. The second-order valence-electron chi connectivity index (χ2n) is 5.16. The molecule has 1 aliphatic heterocycles. The van der Waals surface area contributed by atoms with Gasteiger partial charge in [0.15, 0.2) is 6.61 Å². The van der Waals surface area contributed by atoms with Crippen molar-refractivity contribution in [2.45, 2.75) is 12.8 Å². The van der Waals surface area contributed by atoms with E-state index in [0.717, 1.165) is 10.5 Å². The van der Waals surface area contributed by atoms with Crippen molar-refractivity contribution in [2.24, 2.45) is 0 Å². The van der Waals surface area contributed by atoms with Crippen LogP contribution < -0.4 is 14.8 Å². The van der Waals surface area contributed by atoms with E-state index in [9.17, 15) is 14.4 Å². The predicted molar refractivity (Wildman–Crippen MR) is 83.9 cm³/mol. The van der Waals surface area contributed by atoms with Gasteiger partial charge < -0.3 is 19.5 Å². The highest BCUT2D eigenvalue weighted by Gasteiger charge is 2.26. The first-order valence-electron chi connectivity index (χ1n) is 7.49. The van der Waals surface area contributed by atoms with Crippen LogP contribution in [0.15, 0.2) is 18.2 Å². The third-order valence-electron chi connectivity index (χ3n) is 3.54. The summed E-state index contributed by atoms with van der Waals surface area (Å²) in [5, 5.41) is 2.51. The average molecular weight is 336 g/mol. The summed E-state index contributed by atoms with van der Waals surface area (Å²) in [6.45, 7) is 0.267. The van der Waals surface area contributed by atoms with Crippen molar-refractivity contribution in [3.05, 3.63) is 23.8 Å². The minimum Gasteiger partial charge on any atom is -0.497 e. The fourth-order valence-electron chi connectivity index (χ4n) is 2.26. The first-order chi connectivity index (χ1) is 11.5. The highest BCUT2D eigenvalue weighted by Crippen LogP contribution is 2.23. The molecule has 0 atom stereocenters. The highest BCUT2D eigenvalue weighted by atomic mass is 16.5. The Morgan fingerprint density at radius 1 is 1.17 bits per heavy atom. The van der Waals surface area contributed by atoms with Gasteiger partial charge >= 0.3 is 12.0 Å². The molecule has 0 unspecified atom stereocenters. The number of nitrogens with zero attached hydrogens (tertiary/aromatic N) is 1. The van der Waals surface area contributed by atoms with E-state index >= 15 is 0 Å². The Morgan fingerprint density at radius 2 is 1.83 bits per heavy atom. The second-order valence-corrected chi connectivity index (χ2v) is 5.16. The van der Waals surface area contributed by atoms with Crippen LogP contribution in [0.4, 0.5) is 4.79 Å². The number of nitrogens with one attached hydrogen (secondary N) is 1. The SMILES string of the molecule is COc1cc(CCC(=O)OCC(=O)N2CCNC2=O)cc(OC)c1. The molecule has 8 heteroatoms. The summed E-state index contributed by atoms with van der Waals surface area (Å²) in [6, 6.07) is 4.88. The summed E-state index contributed by atoms with van der Waals surface area (Å²) in [5.41, 5.74) is 0.855. The number of rotatable bonds is 7. The van der Waals surface area contributed by atoms with Gasteiger partial charge in [-0.2, -0.15) is 0 Å². The van der Waals surface area contributed by atoms with Gasteiger partial charge in [-0.3, -0.25) is 14.5 Å². The van der Waals surface area contributed by atoms with E-state index < -0.39 is 24.5 Å². The van der Waals surface area contributed by atoms with E-state index in [1.54, 1.807) is 32.4 Å². The van der Waals surface area contributed by atoms with Gasteiger partial charge in [0.2, 0.25) is 0 Å². The first-order valence-corrected chi connectivity index (χ1v) is 7.49. The Hall–Kier alpha value is -2.77. The van der Waals surface area contributed by atoms with Crippen molar-refractivity contribution in [3.63, 3.8) is 0 Å². The van der Waals surface area contributed by atoms with E-state index in [4.69, 9.17) is 14.2 Å². The number of methoxy groups -OCH3 is 2. The highest BCUT2D eigenvalue weighted by molar-refractivity contribution is 5.96. The average Bonchev–Trinajstić information content (AvgIpc) is 3.03. The standard InChI is InChI=1S/C16H20N2O6/c1-22-12-7-11(8-13(9-12)23-2)3-4-15(20)24-10-14(19)18-6-5-17-16(18)21/h7-9H,3-6,10H2,1-2H3,(H,17,21). The van der Waals surface area contributed by atoms with Crippen LogP contribution in [0.3, 0.4) is 0 Å². The lowest BCUT2D eigenvalue weighted by Crippen LogP contribution is -2.37. The lowest BCUT2D eigenvalue weighted by atomic mass is 10.1. The summed E-state index contributed by atoms with van der Waals surface area (Å²) in [6.07, 6.45) is 0.528. The Bertz CT molecular complexity index is 609. The van der Waals surface area contributed by atoms with Crippen LogP contribution in [0.2, 0.25) is 0 Å². The molecule has 0 aliphatic carbocycles. The van der Waals surface area contributed by atoms with Gasteiger partial charge in [-0.15, -0.1) is 0 Å². The molecule has 0 bridgehead atoms. The van der Waals surface area contributed by atoms with Crippen molar-refractivity contribution < 1.29 is 28.6 Å². The van der Waals surface area contributed by atoms with Crippen LogP contribution in [0.5, 0.6) is 11.5 Å². The summed E-state index contributed by atoms with van der Waals surface area (Å²) in [4.78, 5) is 35.9. The zero-order valence-electron chi connectivity index (χ0n) is 13.7. The maximum absolute atomic E-state index is 11.8. The van der Waals surface area contributed by atoms with Crippen molar-refractivity contribution in [2.75, 3.05) is 33.9 Å². The van der Waals surface area contributed by atoms with E-state index in [1.165, 1.54) is 0 Å². The largest absolute Gasteiger partial charge is 0.497 e. The Kier molecular flexibility index (Phi) is 6.00. The molecule has 1 fully saturated rings. The molecule has 1 aromatic carbocycles. The van der Waals surface area contributed by atoms with Gasteiger partial charge in [0.1, 0.15) is 11.5 Å². The van der Waals surface area contributed by atoms with Crippen LogP contribution in [0, 0.1) is 0 Å². The van der Waals surface area contributed by atoms with Crippen LogP contribution in [-0.4, -0.2) is 56.7 Å².